The first kappa shape index (κ1) is 23.6. The van der Waals surface area contributed by atoms with Crippen LogP contribution in [0, 0.1) is 17.6 Å². The van der Waals surface area contributed by atoms with Gasteiger partial charge in [-0.1, -0.05) is 32.1 Å². The van der Waals surface area contributed by atoms with Crippen LogP contribution in [0.1, 0.15) is 36.6 Å². The van der Waals surface area contributed by atoms with Gasteiger partial charge in [-0.15, -0.1) is 0 Å². The van der Waals surface area contributed by atoms with Crippen LogP contribution >= 0.6 is 0 Å². The first-order valence-corrected chi connectivity index (χ1v) is 11.3. The lowest BCUT2D eigenvalue weighted by Gasteiger charge is -2.19. The monoisotopic (exact) mass is 464 g/mol. The lowest BCUT2D eigenvalue weighted by molar-refractivity contribution is -0.143. The number of carbonyl (C=O) groups is 2. The molecule has 0 saturated heterocycles. The van der Waals surface area contributed by atoms with Gasteiger partial charge >= 0.3 is 5.97 Å². The van der Waals surface area contributed by atoms with E-state index in [4.69, 9.17) is 0 Å². The van der Waals surface area contributed by atoms with Crippen LogP contribution in [0.4, 0.5) is 8.78 Å². The van der Waals surface area contributed by atoms with Gasteiger partial charge in [0.05, 0.1) is 17.4 Å². The first-order valence-electron chi connectivity index (χ1n) is 9.79. The van der Waals surface area contributed by atoms with E-state index < -0.39 is 52.0 Å². The predicted octanol–water partition coefficient (Wildman–Crippen LogP) is 2.78. The highest BCUT2D eigenvalue weighted by Crippen LogP contribution is 2.33. The van der Waals surface area contributed by atoms with Gasteiger partial charge in [0.25, 0.3) is 0 Å². The maximum atomic E-state index is 14.5. The molecule has 2 atom stereocenters. The van der Waals surface area contributed by atoms with E-state index in [-0.39, 0.29) is 16.4 Å². The molecule has 0 aliphatic heterocycles. The summed E-state index contributed by atoms with van der Waals surface area (Å²) in [5, 5.41) is 11.6. The van der Waals surface area contributed by atoms with Gasteiger partial charge in [0, 0.05) is 5.56 Å². The Morgan fingerprint density at radius 1 is 1.09 bits per heavy atom. The molecule has 1 unspecified atom stereocenters. The number of carboxylic acids is 1. The summed E-state index contributed by atoms with van der Waals surface area (Å²) in [6, 6.07) is 4.93. The van der Waals surface area contributed by atoms with Crippen molar-refractivity contribution in [1.82, 2.24) is 10.0 Å². The number of sulfonamides is 1. The second-order valence-corrected chi connectivity index (χ2v) is 9.46. The van der Waals surface area contributed by atoms with Gasteiger partial charge in [-0.3, -0.25) is 4.79 Å². The third-order valence-corrected chi connectivity index (χ3v) is 6.57. The number of nitrogens with one attached hydrogen (secondary N) is 2. The number of fused-ring (bicyclic) bond motifs is 1. The van der Waals surface area contributed by atoms with Gasteiger partial charge in [-0.05, 0) is 47.4 Å². The van der Waals surface area contributed by atoms with E-state index in [1.807, 2.05) is 0 Å². The van der Waals surface area contributed by atoms with Crippen LogP contribution in [0.25, 0.3) is 6.08 Å². The average Bonchev–Trinajstić information content (AvgIpc) is 3.10. The van der Waals surface area contributed by atoms with E-state index in [0.717, 1.165) is 30.3 Å². The molecule has 10 heteroatoms. The Labute approximate surface area is 184 Å². The van der Waals surface area contributed by atoms with Crippen molar-refractivity contribution in [2.24, 2.45) is 5.92 Å². The molecule has 0 radical (unpaired) electrons. The van der Waals surface area contributed by atoms with Gasteiger partial charge in [0.2, 0.25) is 15.9 Å². The number of hydrogen-bond donors (Lipinski definition) is 3. The van der Waals surface area contributed by atoms with Gasteiger partial charge < -0.3 is 10.4 Å². The maximum absolute atomic E-state index is 14.5. The van der Waals surface area contributed by atoms with Crippen molar-refractivity contribution in [3.05, 3.63) is 70.8 Å². The topological polar surface area (TPSA) is 113 Å². The molecule has 1 aliphatic carbocycles. The summed E-state index contributed by atoms with van der Waals surface area (Å²) in [5.74, 6) is -3.46. The van der Waals surface area contributed by atoms with Crippen LogP contribution in [0.15, 0.2) is 47.4 Å². The van der Waals surface area contributed by atoms with Crippen molar-refractivity contribution in [1.29, 1.82) is 0 Å². The number of benzene rings is 2. The summed E-state index contributed by atoms with van der Waals surface area (Å²) in [6.07, 6.45) is 2.62. The van der Waals surface area contributed by atoms with Crippen molar-refractivity contribution in [2.75, 3.05) is 0 Å². The Kier molecular flexibility index (Phi) is 6.75. The number of halogens is 2. The summed E-state index contributed by atoms with van der Waals surface area (Å²) in [4.78, 5) is 23.6. The molecule has 0 saturated carbocycles. The molecule has 32 heavy (non-hydrogen) atoms. The van der Waals surface area contributed by atoms with Crippen LogP contribution in [0.2, 0.25) is 0 Å². The lowest BCUT2D eigenvalue weighted by atomic mass is 9.98. The fourth-order valence-electron chi connectivity index (χ4n) is 3.45. The minimum atomic E-state index is -3.99. The van der Waals surface area contributed by atoms with E-state index in [0.29, 0.717) is 11.1 Å². The molecule has 2 aromatic carbocycles. The summed E-state index contributed by atoms with van der Waals surface area (Å²) in [6.45, 7) is 3.28. The molecule has 0 spiro atoms. The molecule has 3 rings (SSSR count). The minimum absolute atomic E-state index is 0.0348. The van der Waals surface area contributed by atoms with Crippen LogP contribution in [0.5, 0.6) is 0 Å². The molecule has 3 N–H and O–H groups in total. The predicted molar refractivity (Wildman–Crippen MR) is 113 cm³/mol. The first-order chi connectivity index (χ1) is 15.0. The highest BCUT2D eigenvalue weighted by atomic mass is 32.2. The van der Waals surface area contributed by atoms with Crippen LogP contribution in [0.3, 0.4) is 0 Å². The highest BCUT2D eigenvalue weighted by Gasteiger charge is 2.29. The molecule has 170 valence electrons. The zero-order chi connectivity index (χ0) is 23.6. The molecule has 1 aliphatic rings. The lowest BCUT2D eigenvalue weighted by Crippen LogP contribution is -2.45. The zero-order valence-electron chi connectivity index (χ0n) is 17.3. The zero-order valence-corrected chi connectivity index (χ0v) is 18.1. The normalized spacial score (nSPS) is 16.1. The van der Waals surface area contributed by atoms with Crippen molar-refractivity contribution in [2.45, 2.75) is 37.2 Å². The Morgan fingerprint density at radius 3 is 2.34 bits per heavy atom. The number of rotatable bonds is 8. The quantitative estimate of drug-likeness (QED) is 0.556. The number of carbonyl (C=O) groups excluding carboxylic acids is 1. The third-order valence-electron chi connectivity index (χ3n) is 5.12. The SMILES string of the molecule is CC(C)[C@@H](NC(=O)Cc1c(F)ccc2c1C=CC2NS(=O)(=O)c1ccc(F)cc1)C(=O)O. The second-order valence-electron chi connectivity index (χ2n) is 7.75. The molecule has 1 amide bonds. The molecule has 0 bridgehead atoms. The van der Waals surface area contributed by atoms with E-state index >= 15 is 0 Å². The average molecular weight is 464 g/mol. The van der Waals surface area contributed by atoms with Gasteiger partial charge in [-0.25, -0.2) is 22.0 Å². The molecule has 7 nitrogen and oxygen atoms in total. The summed E-state index contributed by atoms with van der Waals surface area (Å²) in [5.41, 5.74) is 0.828. The van der Waals surface area contributed by atoms with Crippen LogP contribution in [-0.2, 0) is 26.0 Å². The fraction of sp³-hybridized carbons (Fsp3) is 0.273. The Balaban J connectivity index is 1.82. The van der Waals surface area contributed by atoms with Crippen LogP contribution in [-0.4, -0.2) is 31.4 Å². The molecule has 2 aromatic rings. The smallest absolute Gasteiger partial charge is 0.326 e. The van der Waals surface area contributed by atoms with Gasteiger partial charge in [-0.2, -0.15) is 4.72 Å². The highest BCUT2D eigenvalue weighted by molar-refractivity contribution is 7.89. The molecule has 0 heterocycles. The van der Waals surface area contributed by atoms with Crippen molar-refractivity contribution < 1.29 is 31.9 Å². The molecule has 0 fully saturated rings. The Hall–Kier alpha value is -3.11. The summed E-state index contributed by atoms with van der Waals surface area (Å²) in [7, 11) is -3.99. The second kappa shape index (κ2) is 9.17. The number of amides is 1. The van der Waals surface area contributed by atoms with Gasteiger partial charge in [0.15, 0.2) is 0 Å². The number of carboxylic acid groups (broad SMARTS) is 1. The molecular formula is C22H22F2N2O5S. The summed E-state index contributed by atoms with van der Waals surface area (Å²) >= 11 is 0. The standard InChI is InChI=1S/C22H22F2N2O5S/c1-12(2)21(22(28)29)25-20(27)11-17-15-8-10-19(16(15)7-9-18(17)24)26-32(30,31)14-5-3-13(23)4-6-14/h3-10,12,19,21,26H,11H2,1-2H3,(H,25,27)(H,28,29)/t19?,21-/m1/s1. The molecular weight excluding hydrogens is 442 g/mol. The van der Waals surface area contributed by atoms with E-state index in [2.05, 4.69) is 10.0 Å². The van der Waals surface area contributed by atoms with E-state index in [1.165, 1.54) is 18.2 Å². The van der Waals surface area contributed by atoms with Crippen molar-refractivity contribution in [3.8, 4) is 0 Å². The Morgan fingerprint density at radius 2 is 1.75 bits per heavy atom. The molecule has 0 aromatic heterocycles. The van der Waals surface area contributed by atoms with Crippen molar-refractivity contribution >= 4 is 28.0 Å². The van der Waals surface area contributed by atoms with E-state index in [9.17, 15) is 31.9 Å². The minimum Gasteiger partial charge on any atom is -0.480 e. The maximum Gasteiger partial charge on any atom is 0.326 e. The fourth-order valence-corrected chi connectivity index (χ4v) is 4.62. The van der Waals surface area contributed by atoms with Crippen molar-refractivity contribution in [3.63, 3.8) is 0 Å². The Bertz CT molecular complexity index is 1180. The number of aliphatic carboxylic acids is 1. The van der Waals surface area contributed by atoms with Crippen LogP contribution < -0.4 is 10.0 Å². The summed E-state index contributed by atoms with van der Waals surface area (Å²) < 4.78 is 55.4. The third kappa shape index (κ3) is 5.03. The number of hydrogen-bond acceptors (Lipinski definition) is 4. The van der Waals surface area contributed by atoms with Gasteiger partial charge in [0.1, 0.15) is 17.7 Å². The largest absolute Gasteiger partial charge is 0.480 e. The van der Waals surface area contributed by atoms with E-state index in [1.54, 1.807) is 13.8 Å².